The lowest BCUT2D eigenvalue weighted by Gasteiger charge is -2.39. The summed E-state index contributed by atoms with van der Waals surface area (Å²) in [5.74, 6) is 0.542. The molecule has 2 amide bonds. The van der Waals surface area contributed by atoms with E-state index in [1.165, 1.54) is 19.1 Å². The number of hydrogen-bond donors (Lipinski definition) is 0. The zero-order chi connectivity index (χ0) is 20.4. The molecule has 1 saturated heterocycles. The van der Waals surface area contributed by atoms with Crippen LogP contribution >= 0.6 is 23.2 Å². The van der Waals surface area contributed by atoms with Crippen LogP contribution in [0.25, 0.3) is 0 Å². The van der Waals surface area contributed by atoms with E-state index in [1.54, 1.807) is 48.2 Å². The average Bonchev–Trinajstić information content (AvgIpc) is 2.69. The van der Waals surface area contributed by atoms with Crippen molar-refractivity contribution in [2.75, 3.05) is 32.2 Å². The number of carbonyl (C=O) groups is 2. The number of anilines is 1. The summed E-state index contributed by atoms with van der Waals surface area (Å²) in [5.41, 5.74) is 0.979. The zero-order valence-corrected chi connectivity index (χ0v) is 17.3. The molecule has 1 atom stereocenters. The molecule has 8 heteroatoms. The fraction of sp³-hybridized carbons (Fsp3) is 0.300. The number of piperazine rings is 1. The van der Waals surface area contributed by atoms with E-state index in [0.29, 0.717) is 45.9 Å². The molecule has 1 aliphatic heterocycles. The molecule has 2 aromatic carbocycles. The Bertz CT molecular complexity index is 897. The highest BCUT2D eigenvalue weighted by Crippen LogP contribution is 2.31. The van der Waals surface area contributed by atoms with Crippen LogP contribution in [0, 0.1) is 0 Å². The highest BCUT2D eigenvalue weighted by molar-refractivity contribution is 6.36. The Kier molecular flexibility index (Phi) is 6.01. The van der Waals surface area contributed by atoms with Gasteiger partial charge in [0.2, 0.25) is 5.91 Å². The maximum Gasteiger partial charge on any atom is 0.254 e. The van der Waals surface area contributed by atoms with Gasteiger partial charge >= 0.3 is 0 Å². The van der Waals surface area contributed by atoms with Crippen molar-refractivity contribution < 1.29 is 19.1 Å². The summed E-state index contributed by atoms with van der Waals surface area (Å²) >= 11 is 12.2. The van der Waals surface area contributed by atoms with Crippen molar-refractivity contribution in [2.24, 2.45) is 0 Å². The molecule has 1 heterocycles. The molecular formula is C20H20Cl2N2O4. The predicted octanol–water partition coefficient (Wildman–Crippen LogP) is 3.89. The summed E-state index contributed by atoms with van der Waals surface area (Å²) in [5, 5.41) is 0.889. The zero-order valence-electron chi connectivity index (χ0n) is 15.7. The number of amides is 2. The molecule has 0 aromatic heterocycles. The van der Waals surface area contributed by atoms with E-state index >= 15 is 0 Å². The molecule has 1 aliphatic rings. The summed E-state index contributed by atoms with van der Waals surface area (Å²) in [6.45, 7) is 2.40. The molecular weight excluding hydrogens is 403 g/mol. The van der Waals surface area contributed by atoms with Gasteiger partial charge in [0.05, 0.1) is 24.9 Å². The van der Waals surface area contributed by atoms with Crippen LogP contribution in [-0.2, 0) is 4.79 Å². The van der Waals surface area contributed by atoms with Crippen molar-refractivity contribution in [2.45, 2.75) is 13.0 Å². The molecule has 28 heavy (non-hydrogen) atoms. The second-order valence-corrected chi connectivity index (χ2v) is 7.21. The normalized spacial score (nSPS) is 16.9. The van der Waals surface area contributed by atoms with Gasteiger partial charge in [-0.3, -0.25) is 9.59 Å². The topological polar surface area (TPSA) is 59.1 Å². The molecule has 0 aliphatic carbocycles. The summed E-state index contributed by atoms with van der Waals surface area (Å²) in [4.78, 5) is 29.1. The SMILES string of the molecule is COc1cc(OC)cc(C(=O)N2CCN(c3ccc(Cl)cc3Cl)C(=O)C2C)c1. The number of halogens is 2. The Morgan fingerprint density at radius 3 is 2.25 bits per heavy atom. The second-order valence-electron chi connectivity index (χ2n) is 6.36. The molecule has 1 unspecified atom stereocenters. The highest BCUT2D eigenvalue weighted by Gasteiger charge is 2.36. The van der Waals surface area contributed by atoms with Crippen molar-refractivity contribution in [3.05, 3.63) is 52.0 Å². The first-order valence-corrected chi connectivity index (χ1v) is 9.41. The van der Waals surface area contributed by atoms with E-state index in [-0.39, 0.29) is 11.8 Å². The molecule has 3 rings (SSSR count). The number of methoxy groups -OCH3 is 2. The summed E-state index contributed by atoms with van der Waals surface area (Å²) in [7, 11) is 3.04. The highest BCUT2D eigenvalue weighted by atomic mass is 35.5. The van der Waals surface area contributed by atoms with E-state index < -0.39 is 6.04 Å². The summed E-state index contributed by atoms with van der Waals surface area (Å²) < 4.78 is 10.5. The van der Waals surface area contributed by atoms with Gasteiger partial charge in [0.1, 0.15) is 17.5 Å². The lowest BCUT2D eigenvalue weighted by atomic mass is 10.1. The Hall–Kier alpha value is -2.44. The fourth-order valence-electron chi connectivity index (χ4n) is 3.18. The quantitative estimate of drug-likeness (QED) is 0.749. The first kappa shape index (κ1) is 20.3. The van der Waals surface area contributed by atoms with Gasteiger partial charge in [-0.15, -0.1) is 0 Å². The third-order valence-electron chi connectivity index (χ3n) is 4.72. The molecule has 1 fully saturated rings. The first-order valence-electron chi connectivity index (χ1n) is 8.66. The van der Waals surface area contributed by atoms with Gasteiger partial charge in [-0.2, -0.15) is 0 Å². The maximum atomic E-state index is 13.0. The summed E-state index contributed by atoms with van der Waals surface area (Å²) in [6, 6.07) is 9.28. The Morgan fingerprint density at radius 2 is 1.68 bits per heavy atom. The van der Waals surface area contributed by atoms with E-state index in [1.807, 2.05) is 0 Å². The number of nitrogens with zero attached hydrogens (tertiary/aromatic N) is 2. The van der Waals surface area contributed by atoms with Crippen LogP contribution in [-0.4, -0.2) is 50.1 Å². The first-order chi connectivity index (χ1) is 13.3. The third kappa shape index (κ3) is 3.88. The van der Waals surface area contributed by atoms with Crippen molar-refractivity contribution in [1.82, 2.24) is 4.90 Å². The maximum absolute atomic E-state index is 13.0. The van der Waals surface area contributed by atoms with Crippen molar-refractivity contribution in [3.8, 4) is 11.5 Å². The number of carbonyl (C=O) groups excluding carboxylic acids is 2. The fourth-order valence-corrected chi connectivity index (χ4v) is 3.69. The number of benzene rings is 2. The molecule has 0 N–H and O–H groups in total. The molecule has 0 bridgehead atoms. The van der Waals surface area contributed by atoms with Gasteiger partial charge in [-0.05, 0) is 37.3 Å². The van der Waals surface area contributed by atoms with E-state index in [9.17, 15) is 9.59 Å². The van der Waals surface area contributed by atoms with E-state index in [2.05, 4.69) is 0 Å². The molecule has 0 radical (unpaired) electrons. The predicted molar refractivity (Wildman–Crippen MR) is 109 cm³/mol. The van der Waals surface area contributed by atoms with Crippen LogP contribution in [0.2, 0.25) is 10.0 Å². The Labute approximate surface area is 173 Å². The molecule has 6 nitrogen and oxygen atoms in total. The molecule has 2 aromatic rings. The number of hydrogen-bond acceptors (Lipinski definition) is 4. The molecule has 148 valence electrons. The second kappa shape index (κ2) is 8.29. The van der Waals surface area contributed by atoms with Gasteiger partial charge in [-0.1, -0.05) is 23.2 Å². The van der Waals surface area contributed by atoms with Crippen LogP contribution in [0.5, 0.6) is 11.5 Å². The van der Waals surface area contributed by atoms with E-state index in [4.69, 9.17) is 32.7 Å². The lowest BCUT2D eigenvalue weighted by molar-refractivity contribution is -0.124. The third-order valence-corrected chi connectivity index (χ3v) is 5.25. The van der Waals surface area contributed by atoms with Gasteiger partial charge in [0, 0.05) is 29.7 Å². The van der Waals surface area contributed by atoms with Crippen molar-refractivity contribution in [1.29, 1.82) is 0 Å². The van der Waals surface area contributed by atoms with Gasteiger partial charge < -0.3 is 19.3 Å². The number of rotatable bonds is 4. The smallest absolute Gasteiger partial charge is 0.254 e. The van der Waals surface area contributed by atoms with Gasteiger partial charge in [0.15, 0.2) is 0 Å². The van der Waals surface area contributed by atoms with Crippen molar-refractivity contribution >= 4 is 40.7 Å². The largest absolute Gasteiger partial charge is 0.497 e. The van der Waals surface area contributed by atoms with Crippen LogP contribution in [0.1, 0.15) is 17.3 Å². The number of ether oxygens (including phenoxy) is 2. The van der Waals surface area contributed by atoms with Gasteiger partial charge in [-0.25, -0.2) is 0 Å². The average molecular weight is 423 g/mol. The lowest BCUT2D eigenvalue weighted by Crippen LogP contribution is -2.57. The summed E-state index contributed by atoms with van der Waals surface area (Å²) in [6.07, 6.45) is 0. The minimum atomic E-state index is -0.648. The minimum Gasteiger partial charge on any atom is -0.497 e. The van der Waals surface area contributed by atoms with Crippen LogP contribution < -0.4 is 14.4 Å². The molecule has 0 saturated carbocycles. The molecule has 0 spiro atoms. The van der Waals surface area contributed by atoms with Crippen LogP contribution in [0.15, 0.2) is 36.4 Å². The van der Waals surface area contributed by atoms with Gasteiger partial charge in [0.25, 0.3) is 5.91 Å². The minimum absolute atomic E-state index is 0.210. The van der Waals surface area contributed by atoms with Crippen LogP contribution in [0.3, 0.4) is 0 Å². The van der Waals surface area contributed by atoms with Crippen LogP contribution in [0.4, 0.5) is 5.69 Å². The standard InChI is InChI=1S/C20H20Cl2N2O4/c1-12-19(25)24(18-5-4-14(21)10-17(18)22)7-6-23(12)20(26)13-8-15(27-2)11-16(9-13)28-3/h4-5,8-12H,6-7H2,1-3H3. The Morgan fingerprint density at radius 1 is 1.04 bits per heavy atom. The monoisotopic (exact) mass is 422 g/mol. The van der Waals surface area contributed by atoms with Crippen molar-refractivity contribution in [3.63, 3.8) is 0 Å². The van der Waals surface area contributed by atoms with E-state index in [0.717, 1.165) is 0 Å². The Balaban J connectivity index is 1.85.